The lowest BCUT2D eigenvalue weighted by Crippen LogP contribution is -2.36. The van der Waals surface area contributed by atoms with Crippen LogP contribution in [0.15, 0.2) is 23.1 Å². The van der Waals surface area contributed by atoms with Crippen LogP contribution in [0.1, 0.15) is 37.7 Å². The second-order valence-electron chi connectivity index (χ2n) is 4.93. The maximum Gasteiger partial charge on any atom is 0.241 e. The van der Waals surface area contributed by atoms with Crippen molar-refractivity contribution in [2.24, 2.45) is 0 Å². The molecular weight excluding hydrogens is 248 g/mol. The Hall–Kier alpha value is -1.07. The topological polar surface area (TPSA) is 72.2 Å². The zero-order chi connectivity index (χ0) is 13.2. The van der Waals surface area contributed by atoms with Gasteiger partial charge in [0.05, 0.1) is 4.90 Å². The molecule has 0 unspecified atom stereocenters. The summed E-state index contributed by atoms with van der Waals surface area (Å²) in [6, 6.07) is 5.08. The number of nitrogens with one attached hydrogen (secondary N) is 1. The minimum Gasteiger partial charge on any atom is -0.398 e. The molecule has 3 N–H and O–H groups in total. The van der Waals surface area contributed by atoms with E-state index in [2.05, 4.69) is 4.72 Å². The largest absolute Gasteiger partial charge is 0.398 e. The Morgan fingerprint density at radius 2 is 1.89 bits per heavy atom. The number of anilines is 1. The summed E-state index contributed by atoms with van der Waals surface area (Å²) in [7, 11) is -3.44. The fourth-order valence-corrected chi connectivity index (χ4v) is 4.01. The molecule has 0 atom stereocenters. The number of nitrogens with two attached hydrogens (primary N) is 1. The van der Waals surface area contributed by atoms with Crippen LogP contribution in [0.3, 0.4) is 0 Å². The first-order valence-corrected chi connectivity index (χ1v) is 7.86. The summed E-state index contributed by atoms with van der Waals surface area (Å²) >= 11 is 0. The third kappa shape index (κ3) is 2.84. The number of hydrogen-bond acceptors (Lipinski definition) is 3. The van der Waals surface area contributed by atoms with Crippen molar-refractivity contribution in [3.8, 4) is 0 Å². The minimum absolute atomic E-state index is 0.0737. The van der Waals surface area contributed by atoms with Gasteiger partial charge in [0.25, 0.3) is 0 Å². The van der Waals surface area contributed by atoms with E-state index in [1.54, 1.807) is 25.1 Å². The van der Waals surface area contributed by atoms with E-state index < -0.39 is 10.0 Å². The SMILES string of the molecule is Cc1c(N)cccc1S(=O)(=O)NC1CCCCC1. The summed E-state index contributed by atoms with van der Waals surface area (Å²) in [6.07, 6.45) is 5.27. The Morgan fingerprint density at radius 3 is 2.56 bits per heavy atom. The van der Waals surface area contributed by atoms with Gasteiger partial charge >= 0.3 is 0 Å². The molecule has 1 aromatic carbocycles. The summed E-state index contributed by atoms with van der Waals surface area (Å²) in [5.41, 5.74) is 6.90. The standard InChI is InChI=1S/C13H20N2O2S/c1-10-12(14)8-5-9-13(10)18(16,17)15-11-6-3-2-4-7-11/h5,8-9,11,15H,2-4,6-7,14H2,1H3. The Labute approximate surface area is 109 Å². The van der Waals surface area contributed by atoms with E-state index in [9.17, 15) is 8.42 Å². The Morgan fingerprint density at radius 1 is 1.22 bits per heavy atom. The number of benzene rings is 1. The summed E-state index contributed by atoms with van der Waals surface area (Å²) < 4.78 is 27.4. The molecule has 4 nitrogen and oxygen atoms in total. The van der Waals surface area contributed by atoms with Crippen molar-refractivity contribution in [1.82, 2.24) is 4.72 Å². The Bertz CT molecular complexity index is 520. The van der Waals surface area contributed by atoms with E-state index in [1.807, 2.05) is 0 Å². The zero-order valence-corrected chi connectivity index (χ0v) is 11.5. The maximum atomic E-state index is 12.3. The lowest BCUT2D eigenvalue weighted by atomic mass is 9.96. The van der Waals surface area contributed by atoms with Crippen LogP contribution in [0, 0.1) is 6.92 Å². The number of rotatable bonds is 3. The van der Waals surface area contributed by atoms with Gasteiger partial charge in [0.2, 0.25) is 10.0 Å². The molecule has 2 rings (SSSR count). The van der Waals surface area contributed by atoms with Gasteiger partial charge in [-0.15, -0.1) is 0 Å². The highest BCUT2D eigenvalue weighted by Gasteiger charge is 2.23. The predicted molar refractivity (Wildman–Crippen MR) is 72.8 cm³/mol. The van der Waals surface area contributed by atoms with Crippen LogP contribution in [0.2, 0.25) is 0 Å². The van der Waals surface area contributed by atoms with Gasteiger partial charge in [-0.1, -0.05) is 25.3 Å². The molecule has 5 heteroatoms. The van der Waals surface area contributed by atoms with Crippen LogP contribution in [-0.4, -0.2) is 14.5 Å². The molecule has 1 fully saturated rings. The van der Waals surface area contributed by atoms with Crippen molar-refractivity contribution in [2.45, 2.75) is 50.0 Å². The van der Waals surface area contributed by atoms with Gasteiger partial charge in [-0.05, 0) is 37.5 Å². The highest BCUT2D eigenvalue weighted by Crippen LogP contribution is 2.23. The monoisotopic (exact) mass is 268 g/mol. The quantitative estimate of drug-likeness (QED) is 0.825. The minimum atomic E-state index is -3.44. The molecule has 0 amide bonds. The molecule has 18 heavy (non-hydrogen) atoms. The molecule has 0 bridgehead atoms. The molecule has 0 spiro atoms. The van der Waals surface area contributed by atoms with Gasteiger partial charge in [0, 0.05) is 11.7 Å². The van der Waals surface area contributed by atoms with Crippen molar-refractivity contribution < 1.29 is 8.42 Å². The van der Waals surface area contributed by atoms with Gasteiger partial charge in [-0.25, -0.2) is 13.1 Å². The van der Waals surface area contributed by atoms with E-state index in [4.69, 9.17) is 5.73 Å². The lowest BCUT2D eigenvalue weighted by Gasteiger charge is -2.23. The van der Waals surface area contributed by atoms with Crippen LogP contribution in [0.4, 0.5) is 5.69 Å². The van der Waals surface area contributed by atoms with Crippen LogP contribution >= 0.6 is 0 Å². The molecule has 0 saturated heterocycles. The summed E-state index contributed by atoms with van der Waals surface area (Å²) in [6.45, 7) is 1.74. The van der Waals surface area contributed by atoms with Gasteiger partial charge in [0.1, 0.15) is 0 Å². The molecule has 0 heterocycles. The first-order valence-electron chi connectivity index (χ1n) is 6.38. The molecule has 1 aliphatic carbocycles. The van der Waals surface area contributed by atoms with Crippen molar-refractivity contribution in [1.29, 1.82) is 0 Å². The highest BCUT2D eigenvalue weighted by atomic mass is 32.2. The third-order valence-corrected chi connectivity index (χ3v) is 5.21. The van der Waals surface area contributed by atoms with Gasteiger partial charge in [0.15, 0.2) is 0 Å². The normalized spacial score (nSPS) is 17.8. The smallest absolute Gasteiger partial charge is 0.241 e. The average Bonchev–Trinajstić information content (AvgIpc) is 2.33. The zero-order valence-electron chi connectivity index (χ0n) is 10.6. The number of hydrogen-bond donors (Lipinski definition) is 2. The Balaban J connectivity index is 2.22. The first kappa shape index (κ1) is 13.4. The number of sulfonamides is 1. The summed E-state index contributed by atoms with van der Waals surface area (Å²) in [4.78, 5) is 0.299. The molecule has 0 radical (unpaired) electrons. The molecule has 100 valence electrons. The van der Waals surface area contributed by atoms with E-state index in [1.165, 1.54) is 6.42 Å². The summed E-state index contributed by atoms with van der Waals surface area (Å²) in [5, 5.41) is 0. The summed E-state index contributed by atoms with van der Waals surface area (Å²) in [5.74, 6) is 0. The van der Waals surface area contributed by atoms with Crippen molar-refractivity contribution >= 4 is 15.7 Å². The maximum absolute atomic E-state index is 12.3. The van der Waals surface area contributed by atoms with E-state index in [-0.39, 0.29) is 6.04 Å². The van der Waals surface area contributed by atoms with E-state index in [0.29, 0.717) is 16.1 Å². The van der Waals surface area contributed by atoms with Crippen molar-refractivity contribution in [3.05, 3.63) is 23.8 Å². The second kappa shape index (κ2) is 5.28. The Kier molecular flexibility index (Phi) is 3.92. The molecule has 0 aromatic heterocycles. The van der Waals surface area contributed by atoms with Crippen molar-refractivity contribution in [2.75, 3.05) is 5.73 Å². The van der Waals surface area contributed by atoms with Crippen LogP contribution in [0.25, 0.3) is 0 Å². The molecule has 1 aromatic rings. The molecular formula is C13H20N2O2S. The third-order valence-electron chi connectivity index (χ3n) is 3.54. The van der Waals surface area contributed by atoms with Crippen LogP contribution < -0.4 is 10.5 Å². The van der Waals surface area contributed by atoms with Gasteiger partial charge in [-0.2, -0.15) is 0 Å². The fraction of sp³-hybridized carbons (Fsp3) is 0.538. The van der Waals surface area contributed by atoms with E-state index >= 15 is 0 Å². The predicted octanol–water partition coefficient (Wildman–Crippen LogP) is 2.19. The highest BCUT2D eigenvalue weighted by molar-refractivity contribution is 7.89. The number of nitrogen functional groups attached to an aromatic ring is 1. The first-order chi connectivity index (χ1) is 8.50. The lowest BCUT2D eigenvalue weighted by molar-refractivity contribution is 0.412. The second-order valence-corrected chi connectivity index (χ2v) is 6.61. The van der Waals surface area contributed by atoms with Gasteiger partial charge in [-0.3, -0.25) is 0 Å². The average molecular weight is 268 g/mol. The van der Waals surface area contributed by atoms with Gasteiger partial charge < -0.3 is 5.73 Å². The fourth-order valence-electron chi connectivity index (χ4n) is 2.43. The van der Waals surface area contributed by atoms with Crippen molar-refractivity contribution in [3.63, 3.8) is 0 Å². The van der Waals surface area contributed by atoms with Crippen LogP contribution in [0.5, 0.6) is 0 Å². The van der Waals surface area contributed by atoms with Crippen LogP contribution in [-0.2, 0) is 10.0 Å². The molecule has 0 aliphatic heterocycles. The van der Waals surface area contributed by atoms with E-state index in [0.717, 1.165) is 25.7 Å². The molecule has 1 aliphatic rings. The molecule has 1 saturated carbocycles.